The third-order valence-electron chi connectivity index (χ3n) is 3.71. The van der Waals surface area contributed by atoms with Gasteiger partial charge in [0.1, 0.15) is 6.04 Å². The zero-order valence-electron chi connectivity index (χ0n) is 14.5. The van der Waals surface area contributed by atoms with Crippen molar-refractivity contribution in [3.8, 4) is 0 Å². The van der Waals surface area contributed by atoms with Gasteiger partial charge in [0.2, 0.25) is 10.0 Å². The number of esters is 1. The number of methoxy groups -OCH3 is 1. The van der Waals surface area contributed by atoms with Gasteiger partial charge in [0.15, 0.2) is 4.90 Å². The monoisotopic (exact) mass is 409 g/mol. The first-order chi connectivity index (χ1) is 13.2. The summed E-state index contributed by atoms with van der Waals surface area (Å²) in [5, 5.41) is 22.0. The lowest BCUT2D eigenvalue weighted by Gasteiger charge is -2.16. The van der Waals surface area contributed by atoms with Crippen LogP contribution in [-0.2, 0) is 26.0 Å². The minimum absolute atomic E-state index is 0.0620. The molecule has 0 unspecified atom stereocenters. The Morgan fingerprint density at radius 1 is 1.11 bits per heavy atom. The fraction of sp³-hybridized carbons (Fsp3) is 0.188. The van der Waals surface area contributed by atoms with E-state index in [1.165, 1.54) is 0 Å². The molecule has 0 fully saturated rings. The molecule has 0 heterocycles. The van der Waals surface area contributed by atoms with Gasteiger partial charge < -0.3 is 4.74 Å². The first-order valence-electron chi connectivity index (χ1n) is 7.72. The SMILES string of the molecule is COC(=O)[C@@H](Cc1ccccc1)NS(=O)(=O)c1ccc([N+](=O)[O-])cc1[N+](=O)[O-]. The number of hydrogen-bond acceptors (Lipinski definition) is 8. The van der Waals surface area contributed by atoms with Crippen molar-refractivity contribution in [1.82, 2.24) is 4.72 Å². The molecule has 1 atom stereocenters. The number of non-ortho nitro benzene ring substituents is 1. The van der Waals surface area contributed by atoms with Gasteiger partial charge in [0, 0.05) is 6.07 Å². The van der Waals surface area contributed by atoms with Crippen molar-refractivity contribution in [1.29, 1.82) is 0 Å². The van der Waals surface area contributed by atoms with Gasteiger partial charge in [-0.25, -0.2) is 8.42 Å². The molecule has 148 valence electrons. The van der Waals surface area contributed by atoms with Crippen molar-refractivity contribution >= 4 is 27.4 Å². The highest BCUT2D eigenvalue weighted by Crippen LogP contribution is 2.28. The average molecular weight is 409 g/mol. The maximum absolute atomic E-state index is 12.7. The van der Waals surface area contributed by atoms with Gasteiger partial charge in [-0.1, -0.05) is 30.3 Å². The second kappa shape index (κ2) is 8.54. The summed E-state index contributed by atoms with van der Waals surface area (Å²) >= 11 is 0. The third kappa shape index (κ3) is 4.86. The molecule has 0 bridgehead atoms. The van der Waals surface area contributed by atoms with E-state index in [1.54, 1.807) is 30.3 Å². The van der Waals surface area contributed by atoms with Gasteiger partial charge in [-0.3, -0.25) is 25.0 Å². The van der Waals surface area contributed by atoms with E-state index in [2.05, 4.69) is 9.46 Å². The van der Waals surface area contributed by atoms with E-state index in [1.807, 2.05) is 0 Å². The third-order valence-corrected chi connectivity index (χ3v) is 5.22. The molecule has 0 aromatic heterocycles. The molecule has 0 aliphatic heterocycles. The highest BCUT2D eigenvalue weighted by atomic mass is 32.2. The molecule has 28 heavy (non-hydrogen) atoms. The molecule has 2 aromatic rings. The van der Waals surface area contributed by atoms with Crippen LogP contribution in [0.1, 0.15) is 5.56 Å². The Labute approximate surface area is 159 Å². The maximum atomic E-state index is 12.7. The highest BCUT2D eigenvalue weighted by Gasteiger charge is 2.33. The Hall–Kier alpha value is -3.38. The van der Waals surface area contributed by atoms with Gasteiger partial charge in [0.25, 0.3) is 11.4 Å². The van der Waals surface area contributed by atoms with E-state index in [9.17, 15) is 33.4 Å². The lowest BCUT2D eigenvalue weighted by molar-refractivity contribution is -0.396. The van der Waals surface area contributed by atoms with Crippen molar-refractivity contribution in [3.05, 3.63) is 74.3 Å². The molecule has 11 nitrogen and oxygen atoms in total. The van der Waals surface area contributed by atoms with E-state index in [-0.39, 0.29) is 6.42 Å². The van der Waals surface area contributed by atoms with Crippen molar-refractivity contribution in [2.24, 2.45) is 0 Å². The summed E-state index contributed by atoms with van der Waals surface area (Å²) < 4.78 is 32.0. The van der Waals surface area contributed by atoms with Crippen LogP contribution < -0.4 is 4.72 Å². The summed E-state index contributed by atoms with van der Waals surface area (Å²) in [5.74, 6) is -0.892. The number of carbonyl (C=O) groups excluding carboxylic acids is 1. The lowest BCUT2D eigenvalue weighted by atomic mass is 10.1. The van der Waals surface area contributed by atoms with E-state index >= 15 is 0 Å². The number of carbonyl (C=O) groups is 1. The second-order valence-electron chi connectivity index (χ2n) is 5.55. The Morgan fingerprint density at radius 3 is 2.29 bits per heavy atom. The van der Waals surface area contributed by atoms with Crippen molar-refractivity contribution < 1.29 is 27.8 Å². The number of sulfonamides is 1. The molecule has 0 aliphatic carbocycles. The summed E-state index contributed by atoms with van der Waals surface area (Å²) in [5.41, 5.74) is -0.997. The number of rotatable bonds is 8. The zero-order chi connectivity index (χ0) is 20.9. The first-order valence-corrected chi connectivity index (χ1v) is 9.21. The van der Waals surface area contributed by atoms with Crippen LogP contribution in [0.25, 0.3) is 0 Å². The fourth-order valence-corrected chi connectivity index (χ4v) is 3.74. The summed E-state index contributed by atoms with van der Waals surface area (Å²) in [6.07, 6.45) is -0.0620. The van der Waals surface area contributed by atoms with Crippen LogP contribution in [-0.4, -0.2) is 37.4 Å². The van der Waals surface area contributed by atoms with Crippen molar-refractivity contribution in [2.45, 2.75) is 17.4 Å². The molecule has 0 radical (unpaired) electrons. The average Bonchev–Trinajstić information content (AvgIpc) is 2.66. The number of ether oxygens (including phenoxy) is 1. The Bertz CT molecular complexity index is 1010. The molecule has 0 spiro atoms. The molecule has 0 saturated carbocycles. The van der Waals surface area contributed by atoms with E-state index < -0.39 is 48.2 Å². The molecule has 0 amide bonds. The number of nitro benzene ring substituents is 2. The van der Waals surface area contributed by atoms with Crippen LogP contribution in [0.3, 0.4) is 0 Å². The number of nitro groups is 2. The normalized spacial score (nSPS) is 12.2. The molecular weight excluding hydrogens is 394 g/mol. The summed E-state index contributed by atoms with van der Waals surface area (Å²) in [6.45, 7) is 0. The number of benzene rings is 2. The lowest BCUT2D eigenvalue weighted by Crippen LogP contribution is -2.43. The predicted molar refractivity (Wildman–Crippen MR) is 96.0 cm³/mol. The summed E-state index contributed by atoms with van der Waals surface area (Å²) in [7, 11) is -3.50. The van der Waals surface area contributed by atoms with Crippen LogP contribution >= 0.6 is 0 Å². The molecule has 0 aliphatic rings. The molecule has 12 heteroatoms. The van der Waals surface area contributed by atoms with Crippen molar-refractivity contribution in [2.75, 3.05) is 7.11 Å². The highest BCUT2D eigenvalue weighted by molar-refractivity contribution is 7.89. The molecule has 2 aromatic carbocycles. The topological polar surface area (TPSA) is 159 Å². The van der Waals surface area contributed by atoms with Gasteiger partial charge in [-0.2, -0.15) is 4.72 Å². The molecule has 0 saturated heterocycles. The smallest absolute Gasteiger partial charge is 0.324 e. The second-order valence-corrected chi connectivity index (χ2v) is 7.24. The van der Waals surface area contributed by atoms with Crippen LogP contribution in [0.15, 0.2) is 53.4 Å². The number of hydrogen-bond donors (Lipinski definition) is 1. The molecular formula is C16H15N3O8S. The summed E-state index contributed by atoms with van der Waals surface area (Å²) in [4.78, 5) is 31.3. The number of nitrogens with one attached hydrogen (secondary N) is 1. The van der Waals surface area contributed by atoms with Gasteiger partial charge in [-0.05, 0) is 18.1 Å². The largest absolute Gasteiger partial charge is 0.468 e. The van der Waals surface area contributed by atoms with Crippen LogP contribution in [0.4, 0.5) is 11.4 Å². The van der Waals surface area contributed by atoms with Gasteiger partial charge >= 0.3 is 5.97 Å². The fourth-order valence-electron chi connectivity index (χ4n) is 2.41. The zero-order valence-corrected chi connectivity index (χ0v) is 15.3. The van der Waals surface area contributed by atoms with Crippen molar-refractivity contribution in [3.63, 3.8) is 0 Å². The minimum atomic E-state index is -4.57. The van der Waals surface area contributed by atoms with Gasteiger partial charge in [-0.15, -0.1) is 0 Å². The molecule has 2 rings (SSSR count). The van der Waals surface area contributed by atoms with Crippen LogP contribution in [0.2, 0.25) is 0 Å². The molecule has 1 N–H and O–H groups in total. The van der Waals surface area contributed by atoms with Crippen LogP contribution in [0.5, 0.6) is 0 Å². The Kier molecular flexibility index (Phi) is 6.38. The Morgan fingerprint density at radius 2 is 1.75 bits per heavy atom. The number of nitrogens with zero attached hydrogens (tertiary/aromatic N) is 2. The van der Waals surface area contributed by atoms with E-state index in [4.69, 9.17) is 0 Å². The van der Waals surface area contributed by atoms with E-state index in [0.29, 0.717) is 11.6 Å². The predicted octanol–water partition coefficient (Wildman–Crippen LogP) is 1.57. The van der Waals surface area contributed by atoms with Gasteiger partial charge in [0.05, 0.1) is 23.0 Å². The quantitative estimate of drug-likeness (QED) is 0.391. The Balaban J connectivity index is 2.42. The van der Waals surface area contributed by atoms with Crippen LogP contribution in [0, 0.1) is 20.2 Å². The first kappa shape index (κ1) is 20.9. The minimum Gasteiger partial charge on any atom is -0.468 e. The maximum Gasteiger partial charge on any atom is 0.324 e. The summed E-state index contributed by atoms with van der Waals surface area (Å²) in [6, 6.07) is 9.21. The van der Waals surface area contributed by atoms with E-state index in [0.717, 1.165) is 19.2 Å². The standard InChI is InChI=1S/C16H15N3O8S/c1-27-16(20)13(9-11-5-3-2-4-6-11)17-28(25,26)15-8-7-12(18(21)22)10-14(15)19(23)24/h2-8,10,13,17H,9H2,1H3/t13-/m1/s1.